The van der Waals surface area contributed by atoms with Crippen LogP contribution in [0.25, 0.3) is 0 Å². The van der Waals surface area contributed by atoms with Crippen molar-refractivity contribution in [3.05, 3.63) is 35.9 Å². The third-order valence-corrected chi connectivity index (χ3v) is 3.35. The van der Waals surface area contributed by atoms with Gasteiger partial charge in [-0.05, 0) is 31.5 Å². The van der Waals surface area contributed by atoms with Crippen LogP contribution in [-0.2, 0) is 4.79 Å². The van der Waals surface area contributed by atoms with Gasteiger partial charge in [0.15, 0.2) is 0 Å². The molecule has 0 spiro atoms. The van der Waals surface area contributed by atoms with Gasteiger partial charge in [0.05, 0.1) is 0 Å². The summed E-state index contributed by atoms with van der Waals surface area (Å²) in [5, 5.41) is 2.87. The second-order valence-electron chi connectivity index (χ2n) is 5.02. The maximum atomic E-state index is 11.8. The van der Waals surface area contributed by atoms with Gasteiger partial charge in [0.1, 0.15) is 0 Å². The van der Waals surface area contributed by atoms with Gasteiger partial charge in [-0.1, -0.05) is 17.7 Å². The SMILES string of the molecule is CC1=CCN(CCC(=O)Nc2cccc(N)c2)CC1. The van der Waals surface area contributed by atoms with Gasteiger partial charge in [0.25, 0.3) is 0 Å². The van der Waals surface area contributed by atoms with E-state index in [1.165, 1.54) is 5.57 Å². The van der Waals surface area contributed by atoms with Crippen LogP contribution in [0.4, 0.5) is 11.4 Å². The van der Waals surface area contributed by atoms with Crippen LogP contribution in [0.5, 0.6) is 0 Å². The maximum Gasteiger partial charge on any atom is 0.225 e. The van der Waals surface area contributed by atoms with Gasteiger partial charge < -0.3 is 11.1 Å². The van der Waals surface area contributed by atoms with Crippen LogP contribution in [0.1, 0.15) is 19.8 Å². The van der Waals surface area contributed by atoms with E-state index in [9.17, 15) is 4.79 Å². The molecule has 0 atom stereocenters. The first-order valence-corrected chi connectivity index (χ1v) is 6.67. The lowest BCUT2D eigenvalue weighted by molar-refractivity contribution is -0.116. The number of benzene rings is 1. The average Bonchev–Trinajstić information content (AvgIpc) is 2.38. The zero-order valence-corrected chi connectivity index (χ0v) is 11.4. The minimum absolute atomic E-state index is 0.0388. The van der Waals surface area contributed by atoms with Crippen molar-refractivity contribution in [1.82, 2.24) is 4.90 Å². The zero-order valence-electron chi connectivity index (χ0n) is 11.4. The lowest BCUT2D eigenvalue weighted by atomic mass is 10.1. The van der Waals surface area contributed by atoms with E-state index in [2.05, 4.69) is 23.2 Å². The van der Waals surface area contributed by atoms with E-state index in [0.717, 1.165) is 31.7 Å². The molecule has 3 N–H and O–H groups in total. The van der Waals surface area contributed by atoms with Crippen molar-refractivity contribution in [2.75, 3.05) is 30.7 Å². The summed E-state index contributed by atoms with van der Waals surface area (Å²) < 4.78 is 0. The van der Waals surface area contributed by atoms with E-state index < -0.39 is 0 Å². The number of anilines is 2. The molecule has 0 saturated carbocycles. The van der Waals surface area contributed by atoms with E-state index in [-0.39, 0.29) is 5.91 Å². The van der Waals surface area contributed by atoms with Gasteiger partial charge in [-0.25, -0.2) is 0 Å². The Balaban J connectivity index is 1.76. The molecule has 1 aromatic rings. The number of rotatable bonds is 4. The van der Waals surface area contributed by atoms with Crippen LogP contribution in [0, 0.1) is 0 Å². The van der Waals surface area contributed by atoms with Crippen molar-refractivity contribution < 1.29 is 4.79 Å². The fourth-order valence-electron chi connectivity index (χ4n) is 2.12. The molecule has 19 heavy (non-hydrogen) atoms. The molecule has 0 aromatic heterocycles. The first-order chi connectivity index (χ1) is 9.13. The Labute approximate surface area is 114 Å². The normalized spacial score (nSPS) is 15.9. The molecule has 102 valence electrons. The van der Waals surface area contributed by atoms with E-state index in [0.29, 0.717) is 12.1 Å². The second kappa shape index (κ2) is 6.38. The Hall–Kier alpha value is -1.81. The van der Waals surface area contributed by atoms with Crippen molar-refractivity contribution >= 4 is 17.3 Å². The molecule has 1 amide bonds. The molecule has 1 heterocycles. The van der Waals surface area contributed by atoms with E-state index in [1.54, 1.807) is 12.1 Å². The average molecular weight is 259 g/mol. The summed E-state index contributed by atoms with van der Waals surface area (Å²) in [7, 11) is 0. The predicted molar refractivity (Wildman–Crippen MR) is 78.9 cm³/mol. The first-order valence-electron chi connectivity index (χ1n) is 6.67. The summed E-state index contributed by atoms with van der Waals surface area (Å²) in [5.74, 6) is 0.0388. The number of hydrogen-bond acceptors (Lipinski definition) is 3. The third-order valence-electron chi connectivity index (χ3n) is 3.35. The number of carbonyl (C=O) groups is 1. The summed E-state index contributed by atoms with van der Waals surface area (Å²) in [6.07, 6.45) is 3.86. The fourth-order valence-corrected chi connectivity index (χ4v) is 2.12. The number of hydrogen-bond donors (Lipinski definition) is 2. The molecule has 0 unspecified atom stereocenters. The van der Waals surface area contributed by atoms with Crippen molar-refractivity contribution in [2.45, 2.75) is 19.8 Å². The number of nitrogen functional groups attached to an aromatic ring is 1. The first kappa shape index (κ1) is 13.6. The lowest BCUT2D eigenvalue weighted by Crippen LogP contribution is -2.31. The summed E-state index contributed by atoms with van der Waals surface area (Å²) in [6, 6.07) is 7.26. The monoisotopic (exact) mass is 259 g/mol. The molecule has 1 aliphatic heterocycles. The third kappa shape index (κ3) is 4.41. The molecule has 2 rings (SSSR count). The van der Waals surface area contributed by atoms with Gasteiger partial charge in [-0.3, -0.25) is 9.69 Å². The molecule has 0 fully saturated rings. The van der Waals surface area contributed by atoms with Gasteiger partial charge in [0, 0.05) is 37.4 Å². The van der Waals surface area contributed by atoms with Crippen LogP contribution in [0.3, 0.4) is 0 Å². The molecule has 0 radical (unpaired) electrons. The quantitative estimate of drug-likeness (QED) is 0.644. The molecule has 1 aliphatic rings. The fraction of sp³-hybridized carbons (Fsp3) is 0.400. The molecule has 4 heteroatoms. The summed E-state index contributed by atoms with van der Waals surface area (Å²) in [6.45, 7) is 4.97. The molecular weight excluding hydrogens is 238 g/mol. The van der Waals surface area contributed by atoms with Gasteiger partial charge >= 0.3 is 0 Å². The number of nitrogens with one attached hydrogen (secondary N) is 1. The molecule has 1 aromatic carbocycles. The topological polar surface area (TPSA) is 58.4 Å². The molecule has 4 nitrogen and oxygen atoms in total. The standard InChI is InChI=1S/C15H21N3O/c1-12-5-8-18(9-6-12)10-7-15(19)17-14-4-2-3-13(16)11-14/h2-5,11H,6-10,16H2,1H3,(H,17,19). The highest BCUT2D eigenvalue weighted by atomic mass is 16.1. The Morgan fingerprint density at radius 2 is 2.32 bits per heavy atom. The van der Waals surface area contributed by atoms with Gasteiger partial charge in [0.2, 0.25) is 5.91 Å². The van der Waals surface area contributed by atoms with E-state index >= 15 is 0 Å². The maximum absolute atomic E-state index is 11.8. The largest absolute Gasteiger partial charge is 0.399 e. The Kier molecular flexibility index (Phi) is 4.58. The summed E-state index contributed by atoms with van der Waals surface area (Å²) in [5.41, 5.74) is 8.54. The number of amides is 1. The number of nitrogens with zero attached hydrogens (tertiary/aromatic N) is 1. The van der Waals surface area contributed by atoms with Gasteiger partial charge in [-0.2, -0.15) is 0 Å². The Morgan fingerprint density at radius 3 is 3.00 bits per heavy atom. The highest BCUT2D eigenvalue weighted by Gasteiger charge is 2.11. The van der Waals surface area contributed by atoms with Crippen molar-refractivity contribution in [1.29, 1.82) is 0 Å². The molecule has 0 aliphatic carbocycles. The minimum atomic E-state index is 0.0388. The van der Waals surface area contributed by atoms with Crippen LogP contribution >= 0.6 is 0 Å². The molecule has 0 bridgehead atoms. The minimum Gasteiger partial charge on any atom is -0.399 e. The predicted octanol–water partition coefficient (Wildman–Crippen LogP) is 2.25. The summed E-state index contributed by atoms with van der Waals surface area (Å²) >= 11 is 0. The van der Waals surface area contributed by atoms with Crippen LogP contribution in [0.15, 0.2) is 35.9 Å². The van der Waals surface area contributed by atoms with Crippen LogP contribution in [-0.4, -0.2) is 30.4 Å². The Bertz CT molecular complexity index is 482. The van der Waals surface area contributed by atoms with Crippen LogP contribution in [0.2, 0.25) is 0 Å². The van der Waals surface area contributed by atoms with E-state index in [4.69, 9.17) is 5.73 Å². The lowest BCUT2D eigenvalue weighted by Gasteiger charge is -2.24. The van der Waals surface area contributed by atoms with Crippen molar-refractivity contribution in [3.63, 3.8) is 0 Å². The highest BCUT2D eigenvalue weighted by Crippen LogP contribution is 2.13. The zero-order chi connectivity index (χ0) is 13.7. The molecule has 0 saturated heterocycles. The van der Waals surface area contributed by atoms with Crippen molar-refractivity contribution in [3.8, 4) is 0 Å². The Morgan fingerprint density at radius 1 is 1.47 bits per heavy atom. The van der Waals surface area contributed by atoms with Crippen LogP contribution < -0.4 is 11.1 Å². The number of carbonyl (C=O) groups excluding carboxylic acids is 1. The second-order valence-corrected chi connectivity index (χ2v) is 5.02. The summed E-state index contributed by atoms with van der Waals surface area (Å²) in [4.78, 5) is 14.1. The molecular formula is C15H21N3O. The highest BCUT2D eigenvalue weighted by molar-refractivity contribution is 5.91. The van der Waals surface area contributed by atoms with Gasteiger partial charge in [-0.15, -0.1) is 0 Å². The smallest absolute Gasteiger partial charge is 0.225 e. The van der Waals surface area contributed by atoms with E-state index in [1.807, 2.05) is 12.1 Å². The van der Waals surface area contributed by atoms with Crippen molar-refractivity contribution in [2.24, 2.45) is 0 Å². The number of nitrogens with two attached hydrogens (primary N) is 1.